The molecule has 0 aliphatic heterocycles. The van der Waals surface area contributed by atoms with Crippen LogP contribution in [-0.2, 0) is 32.7 Å². The SMILES string of the molecule is CCCCC/C=C/C/C=C/C/C=C/C/C=C/C/C=C/CCC(=O)O[C@H](COC(=O)CCCCCCC/C=C/C/C=C/CCCCC)COP(=O)([O-])OCC[N+](C)(C)C. The van der Waals surface area contributed by atoms with Gasteiger partial charge < -0.3 is 27.9 Å². The second-order valence-corrected chi connectivity index (χ2v) is 17.1. The fraction of sp³-hybridized carbons (Fsp3) is 0.667. The third-order valence-corrected chi connectivity index (χ3v) is 9.87. The van der Waals surface area contributed by atoms with Gasteiger partial charge in [0.15, 0.2) is 6.10 Å². The van der Waals surface area contributed by atoms with E-state index in [9.17, 15) is 19.0 Å². The van der Waals surface area contributed by atoms with Gasteiger partial charge in [0.05, 0.1) is 27.7 Å². The van der Waals surface area contributed by atoms with E-state index in [0.717, 1.165) is 64.2 Å². The lowest BCUT2D eigenvalue weighted by Crippen LogP contribution is -2.37. The summed E-state index contributed by atoms with van der Waals surface area (Å²) < 4.78 is 33.8. The fourth-order valence-corrected chi connectivity index (χ4v) is 6.10. The first-order valence-electron chi connectivity index (χ1n) is 22.3. The number of phosphoric ester groups is 1. The van der Waals surface area contributed by atoms with Crippen LogP contribution < -0.4 is 4.89 Å². The number of quaternary nitrogens is 1. The summed E-state index contributed by atoms with van der Waals surface area (Å²) in [5, 5.41) is 0. The van der Waals surface area contributed by atoms with Crippen LogP contribution in [0.15, 0.2) is 85.1 Å². The molecule has 1 unspecified atom stereocenters. The summed E-state index contributed by atoms with van der Waals surface area (Å²) in [5.74, 6) is -0.955. The highest BCUT2D eigenvalue weighted by atomic mass is 31.2. The molecule has 0 aromatic heterocycles. The monoisotopic (exact) mass is 832 g/mol. The van der Waals surface area contributed by atoms with Crippen molar-refractivity contribution >= 4 is 19.8 Å². The van der Waals surface area contributed by atoms with Crippen LogP contribution in [0.4, 0.5) is 0 Å². The standard InChI is InChI=1S/C48H82NO8P/c1-6-8-10-12-14-16-18-20-22-23-24-25-27-29-31-33-35-37-39-41-48(51)57-46(45-56-58(52,53)55-43-42-49(3,4)5)44-54-47(50)40-38-36-34-32-30-28-26-21-19-17-15-13-11-9-7-2/h14-17,20-22,24-26,29,31,35,37,46H,6-13,18-19,23,27-28,30,32-34,36,38-45H2,1-5H3/b16-14+,17-15+,22-20+,25-24+,26-21+,31-29+,37-35+/t46-/m1/s1. The summed E-state index contributed by atoms with van der Waals surface area (Å²) in [6.07, 6.45) is 50.5. The Morgan fingerprint density at radius 2 is 0.966 bits per heavy atom. The van der Waals surface area contributed by atoms with E-state index in [1.807, 2.05) is 33.3 Å². The molecule has 0 saturated heterocycles. The smallest absolute Gasteiger partial charge is 0.306 e. The number of carbonyl (C=O) groups excluding carboxylic acids is 2. The first-order valence-corrected chi connectivity index (χ1v) is 23.8. The maximum Gasteiger partial charge on any atom is 0.306 e. The number of allylic oxidation sites excluding steroid dienone is 14. The Bertz CT molecular complexity index is 1260. The Morgan fingerprint density at radius 1 is 0.534 bits per heavy atom. The average Bonchev–Trinajstić information content (AvgIpc) is 3.17. The van der Waals surface area contributed by atoms with Gasteiger partial charge in [-0.2, -0.15) is 0 Å². The largest absolute Gasteiger partial charge is 0.756 e. The van der Waals surface area contributed by atoms with Gasteiger partial charge in [0, 0.05) is 12.8 Å². The van der Waals surface area contributed by atoms with E-state index in [4.69, 9.17) is 18.5 Å². The molecule has 0 bridgehead atoms. The summed E-state index contributed by atoms with van der Waals surface area (Å²) in [6.45, 7) is 4.05. The van der Waals surface area contributed by atoms with Crippen molar-refractivity contribution in [3.05, 3.63) is 85.1 Å². The lowest BCUT2D eigenvalue weighted by Gasteiger charge is -2.28. The zero-order chi connectivity index (χ0) is 42.8. The molecule has 58 heavy (non-hydrogen) atoms. The molecule has 0 saturated carbocycles. The molecule has 9 nitrogen and oxygen atoms in total. The van der Waals surface area contributed by atoms with Crippen LogP contribution in [-0.4, -0.2) is 70.0 Å². The van der Waals surface area contributed by atoms with Gasteiger partial charge in [-0.15, -0.1) is 0 Å². The molecule has 0 heterocycles. The lowest BCUT2D eigenvalue weighted by molar-refractivity contribution is -0.870. The summed E-state index contributed by atoms with van der Waals surface area (Å²) in [5.41, 5.74) is 0. The van der Waals surface area contributed by atoms with Crippen LogP contribution in [0, 0.1) is 0 Å². The third-order valence-electron chi connectivity index (χ3n) is 8.90. The predicted molar refractivity (Wildman–Crippen MR) is 240 cm³/mol. The Labute approximate surface area is 354 Å². The van der Waals surface area contributed by atoms with E-state index >= 15 is 0 Å². The highest BCUT2D eigenvalue weighted by Crippen LogP contribution is 2.38. The van der Waals surface area contributed by atoms with Crippen molar-refractivity contribution in [2.45, 2.75) is 161 Å². The van der Waals surface area contributed by atoms with Crippen molar-refractivity contribution < 1.29 is 42.1 Å². The number of carbonyl (C=O) groups is 2. The molecule has 332 valence electrons. The van der Waals surface area contributed by atoms with Gasteiger partial charge in [0.1, 0.15) is 19.8 Å². The van der Waals surface area contributed by atoms with Crippen LogP contribution in [0.3, 0.4) is 0 Å². The first-order chi connectivity index (χ1) is 28.0. The van der Waals surface area contributed by atoms with E-state index in [-0.39, 0.29) is 26.1 Å². The Kier molecular flexibility index (Phi) is 37.7. The third kappa shape index (κ3) is 42.8. The molecule has 0 aromatic carbocycles. The zero-order valence-corrected chi connectivity index (χ0v) is 38.1. The summed E-state index contributed by atoms with van der Waals surface area (Å²) in [6, 6.07) is 0. The van der Waals surface area contributed by atoms with Crippen molar-refractivity contribution in [2.75, 3.05) is 47.5 Å². The fourth-order valence-electron chi connectivity index (χ4n) is 5.37. The molecule has 0 amide bonds. The highest BCUT2D eigenvalue weighted by molar-refractivity contribution is 7.45. The molecule has 0 N–H and O–H groups in total. The Morgan fingerprint density at radius 3 is 1.45 bits per heavy atom. The molecule has 0 aliphatic rings. The molecular weight excluding hydrogens is 750 g/mol. The molecule has 0 rings (SSSR count). The summed E-state index contributed by atoms with van der Waals surface area (Å²) in [4.78, 5) is 37.5. The van der Waals surface area contributed by atoms with Gasteiger partial charge in [-0.25, -0.2) is 0 Å². The lowest BCUT2D eigenvalue weighted by atomic mass is 10.1. The first kappa shape index (κ1) is 55.2. The van der Waals surface area contributed by atoms with Gasteiger partial charge in [0.25, 0.3) is 7.82 Å². The van der Waals surface area contributed by atoms with Gasteiger partial charge in [0.2, 0.25) is 0 Å². The minimum atomic E-state index is -4.65. The van der Waals surface area contributed by atoms with Crippen molar-refractivity contribution in [3.8, 4) is 0 Å². The number of rotatable bonds is 39. The number of esters is 2. The number of ether oxygens (including phenoxy) is 2. The van der Waals surface area contributed by atoms with Crippen LogP contribution in [0.1, 0.15) is 155 Å². The summed E-state index contributed by atoms with van der Waals surface area (Å²) in [7, 11) is 1.10. The molecule has 0 aromatic rings. The van der Waals surface area contributed by atoms with Crippen molar-refractivity contribution in [1.29, 1.82) is 0 Å². The minimum absolute atomic E-state index is 0.0509. The number of hydrogen-bond acceptors (Lipinski definition) is 8. The van der Waals surface area contributed by atoms with Gasteiger partial charge in [-0.1, -0.05) is 144 Å². The zero-order valence-electron chi connectivity index (χ0n) is 37.2. The van der Waals surface area contributed by atoms with Crippen molar-refractivity contribution in [1.82, 2.24) is 0 Å². The van der Waals surface area contributed by atoms with E-state index in [0.29, 0.717) is 23.9 Å². The number of likely N-dealkylation sites (N-methyl/N-ethyl adjacent to an activating group) is 1. The molecule has 2 atom stereocenters. The van der Waals surface area contributed by atoms with E-state index in [1.54, 1.807) is 0 Å². The molecular formula is C48H82NO8P. The van der Waals surface area contributed by atoms with E-state index < -0.39 is 32.5 Å². The van der Waals surface area contributed by atoms with Crippen LogP contribution in [0.2, 0.25) is 0 Å². The van der Waals surface area contributed by atoms with Gasteiger partial charge in [-0.05, 0) is 83.5 Å². The van der Waals surface area contributed by atoms with E-state index in [2.05, 4.69) is 86.8 Å². The maximum atomic E-state index is 12.6. The molecule has 10 heteroatoms. The van der Waals surface area contributed by atoms with Crippen LogP contribution >= 0.6 is 7.82 Å². The van der Waals surface area contributed by atoms with Crippen LogP contribution in [0.5, 0.6) is 0 Å². The number of nitrogens with zero attached hydrogens (tertiary/aromatic N) is 1. The number of hydrogen-bond donors (Lipinski definition) is 0. The topological polar surface area (TPSA) is 111 Å². The molecule has 0 fully saturated rings. The number of unbranched alkanes of at least 4 members (excludes halogenated alkanes) is 11. The number of phosphoric acid groups is 1. The molecule has 0 spiro atoms. The van der Waals surface area contributed by atoms with Gasteiger partial charge in [-0.3, -0.25) is 14.2 Å². The average molecular weight is 832 g/mol. The molecule has 0 aliphatic carbocycles. The minimum Gasteiger partial charge on any atom is -0.756 e. The predicted octanol–water partition coefficient (Wildman–Crippen LogP) is 12.2. The van der Waals surface area contributed by atoms with Crippen LogP contribution in [0.25, 0.3) is 0 Å². The molecule has 0 radical (unpaired) electrons. The Balaban J connectivity index is 4.53. The second kappa shape index (κ2) is 39.6. The normalized spacial score (nSPS) is 14.4. The summed E-state index contributed by atoms with van der Waals surface area (Å²) >= 11 is 0. The Hall–Kier alpha value is -2.81. The van der Waals surface area contributed by atoms with Crippen molar-refractivity contribution in [3.63, 3.8) is 0 Å². The van der Waals surface area contributed by atoms with Crippen molar-refractivity contribution in [2.24, 2.45) is 0 Å². The maximum absolute atomic E-state index is 12.6. The highest BCUT2D eigenvalue weighted by Gasteiger charge is 2.21. The quantitative estimate of drug-likeness (QED) is 0.0198. The second-order valence-electron chi connectivity index (χ2n) is 15.7. The van der Waals surface area contributed by atoms with E-state index in [1.165, 1.54) is 51.4 Å². The van der Waals surface area contributed by atoms with Gasteiger partial charge >= 0.3 is 11.9 Å².